The Kier molecular flexibility index (Phi) is 9.18. The number of nitrogens with zero attached hydrogens (tertiary/aromatic N) is 3. The van der Waals surface area contributed by atoms with E-state index in [1.807, 2.05) is 38.8 Å². The summed E-state index contributed by atoms with van der Waals surface area (Å²) in [6.07, 6.45) is 1.52. The van der Waals surface area contributed by atoms with E-state index in [0.29, 0.717) is 22.5 Å². The summed E-state index contributed by atoms with van der Waals surface area (Å²) in [6.45, 7) is 10.2. The molecule has 0 spiro atoms. The smallest absolute Gasteiger partial charge is 0.351 e. The van der Waals surface area contributed by atoms with Crippen LogP contribution in [0.25, 0.3) is 11.8 Å². The molecule has 34 heavy (non-hydrogen) atoms. The third-order valence-electron chi connectivity index (χ3n) is 5.07. The lowest BCUT2D eigenvalue weighted by atomic mass is 10.1. The van der Waals surface area contributed by atoms with Crippen molar-refractivity contribution in [2.45, 2.75) is 46.7 Å². The maximum atomic E-state index is 12.8. The third-order valence-corrected chi connectivity index (χ3v) is 6.20. The summed E-state index contributed by atoms with van der Waals surface area (Å²) in [5, 5.41) is 15.4. The molecule has 9 nitrogen and oxygen atoms in total. The number of carbonyl (C=O) groups is 2. The number of nitriles is 1. The molecule has 1 heterocycles. The monoisotopic (exact) mass is 485 g/mol. The van der Waals surface area contributed by atoms with Crippen LogP contribution in [0, 0.1) is 11.3 Å². The molecule has 0 aliphatic heterocycles. The molecule has 0 fully saturated rings. The Bertz CT molecular complexity index is 1260. The maximum Gasteiger partial charge on any atom is 0.351 e. The van der Waals surface area contributed by atoms with Gasteiger partial charge in [0.1, 0.15) is 15.3 Å². The molecule has 0 radical (unpaired) electrons. The van der Waals surface area contributed by atoms with Crippen molar-refractivity contribution in [3.8, 4) is 6.07 Å². The van der Waals surface area contributed by atoms with Gasteiger partial charge in [0.2, 0.25) is 5.91 Å². The molecule has 0 aliphatic carbocycles. The molecular formula is C24H31N5O4S. The normalized spacial score (nSPS) is 12.8. The first-order chi connectivity index (χ1) is 16.0. The van der Waals surface area contributed by atoms with Crippen LogP contribution < -0.4 is 25.4 Å². The SMILES string of the molecule is CCOC(=O)/C(C#N)=c1\s/c(=C/Nc2cccc(NC(=O)CN(C)C(C)(C)C)c2)c(=O)n1CC. The summed E-state index contributed by atoms with van der Waals surface area (Å²) in [5.74, 6) is -0.890. The largest absolute Gasteiger partial charge is 0.462 e. The van der Waals surface area contributed by atoms with Gasteiger partial charge in [-0.3, -0.25) is 19.1 Å². The lowest BCUT2D eigenvalue weighted by Crippen LogP contribution is -2.42. The second-order valence-corrected chi connectivity index (χ2v) is 9.50. The average molecular weight is 486 g/mol. The zero-order chi connectivity index (χ0) is 25.5. The van der Waals surface area contributed by atoms with Crippen LogP contribution in [0.15, 0.2) is 29.1 Å². The molecule has 2 N–H and O–H groups in total. The summed E-state index contributed by atoms with van der Waals surface area (Å²) in [4.78, 5) is 39.3. The zero-order valence-corrected chi connectivity index (χ0v) is 21.2. The summed E-state index contributed by atoms with van der Waals surface area (Å²) in [7, 11) is 1.89. The summed E-state index contributed by atoms with van der Waals surface area (Å²) in [5.41, 5.74) is 0.633. The number of amides is 1. The van der Waals surface area contributed by atoms with Gasteiger partial charge in [0, 0.05) is 29.7 Å². The van der Waals surface area contributed by atoms with E-state index >= 15 is 0 Å². The predicted octanol–water partition coefficient (Wildman–Crippen LogP) is 1.69. The Morgan fingerprint density at radius 2 is 1.94 bits per heavy atom. The number of likely N-dealkylation sites (N-methyl/N-ethyl adjacent to an activating group) is 1. The maximum absolute atomic E-state index is 12.8. The van der Waals surface area contributed by atoms with Crippen LogP contribution in [0.1, 0.15) is 34.6 Å². The second kappa shape index (κ2) is 11.6. The molecule has 1 aromatic carbocycles. The van der Waals surface area contributed by atoms with Crippen molar-refractivity contribution in [3.05, 3.63) is 43.8 Å². The number of carbonyl (C=O) groups excluding carboxylic acids is 2. The molecular weight excluding hydrogens is 454 g/mol. The van der Waals surface area contributed by atoms with Gasteiger partial charge in [-0.15, -0.1) is 11.3 Å². The van der Waals surface area contributed by atoms with Gasteiger partial charge in [-0.1, -0.05) is 6.07 Å². The number of hydrogen-bond acceptors (Lipinski definition) is 8. The van der Waals surface area contributed by atoms with E-state index < -0.39 is 5.97 Å². The van der Waals surface area contributed by atoms with Crippen LogP contribution in [0.3, 0.4) is 0 Å². The molecule has 0 bridgehead atoms. The van der Waals surface area contributed by atoms with Gasteiger partial charge in [0.15, 0.2) is 5.57 Å². The van der Waals surface area contributed by atoms with Crippen molar-refractivity contribution in [3.63, 3.8) is 0 Å². The quantitative estimate of drug-likeness (QED) is 0.547. The van der Waals surface area contributed by atoms with Gasteiger partial charge in [0.25, 0.3) is 5.56 Å². The van der Waals surface area contributed by atoms with Crippen molar-refractivity contribution in [2.75, 3.05) is 30.8 Å². The van der Waals surface area contributed by atoms with Crippen molar-refractivity contribution in [2.24, 2.45) is 0 Å². The molecule has 0 saturated carbocycles. The lowest BCUT2D eigenvalue weighted by molar-refractivity contribution is -0.136. The first-order valence-electron chi connectivity index (χ1n) is 10.9. The number of nitrogens with one attached hydrogen (secondary N) is 2. The molecule has 0 aliphatic rings. The molecule has 0 saturated heterocycles. The standard InChI is InChI=1S/C24H31N5O4S/c1-7-29-21(31)19(34-22(29)18(13-25)23(32)33-8-2)14-26-16-10-9-11-17(12-16)27-20(30)15-28(6)24(3,4)5/h9-12,14,26H,7-8,15H2,1-6H3,(H,27,30)/b19-14+,22-18-. The van der Waals surface area contributed by atoms with Gasteiger partial charge >= 0.3 is 5.97 Å². The zero-order valence-electron chi connectivity index (χ0n) is 20.4. The Balaban J connectivity index is 2.31. The highest BCUT2D eigenvalue weighted by molar-refractivity contribution is 7.07. The van der Waals surface area contributed by atoms with E-state index in [-0.39, 0.29) is 40.4 Å². The predicted molar refractivity (Wildman–Crippen MR) is 135 cm³/mol. The van der Waals surface area contributed by atoms with E-state index in [0.717, 1.165) is 11.3 Å². The lowest BCUT2D eigenvalue weighted by Gasteiger charge is -2.31. The van der Waals surface area contributed by atoms with E-state index in [1.165, 1.54) is 10.8 Å². The fourth-order valence-corrected chi connectivity index (χ4v) is 3.94. The number of hydrogen-bond donors (Lipinski definition) is 2. The van der Waals surface area contributed by atoms with Crippen LogP contribution in [-0.2, 0) is 20.9 Å². The van der Waals surface area contributed by atoms with Crippen LogP contribution in [0.4, 0.5) is 11.4 Å². The van der Waals surface area contributed by atoms with Crippen LogP contribution in [0.5, 0.6) is 0 Å². The van der Waals surface area contributed by atoms with Gasteiger partial charge in [-0.05, 0) is 59.9 Å². The minimum Gasteiger partial charge on any atom is -0.462 e. The Morgan fingerprint density at radius 3 is 2.53 bits per heavy atom. The number of benzene rings is 1. The van der Waals surface area contributed by atoms with Gasteiger partial charge in [0.05, 0.1) is 13.2 Å². The Morgan fingerprint density at radius 1 is 1.26 bits per heavy atom. The van der Waals surface area contributed by atoms with Crippen LogP contribution in [0.2, 0.25) is 0 Å². The average Bonchev–Trinajstić information content (AvgIpc) is 3.07. The highest BCUT2D eigenvalue weighted by atomic mass is 32.1. The molecule has 2 aromatic rings. The number of ether oxygens (including phenoxy) is 1. The fraction of sp³-hybridized carbons (Fsp3) is 0.417. The van der Waals surface area contributed by atoms with Gasteiger partial charge in [-0.2, -0.15) is 5.26 Å². The number of thiazole rings is 1. The fourth-order valence-electron chi connectivity index (χ4n) is 2.87. The van der Waals surface area contributed by atoms with E-state index in [9.17, 15) is 19.6 Å². The van der Waals surface area contributed by atoms with Crippen LogP contribution in [-0.4, -0.2) is 47.1 Å². The first-order valence-corrected chi connectivity index (χ1v) is 11.7. The molecule has 1 amide bonds. The Labute approximate surface area is 203 Å². The van der Waals surface area contributed by atoms with Gasteiger partial charge in [-0.25, -0.2) is 4.79 Å². The van der Waals surface area contributed by atoms with Crippen molar-refractivity contribution >= 4 is 46.4 Å². The molecule has 1 aromatic heterocycles. The topological polar surface area (TPSA) is 116 Å². The molecule has 182 valence electrons. The number of anilines is 2. The highest BCUT2D eigenvalue weighted by Crippen LogP contribution is 2.16. The highest BCUT2D eigenvalue weighted by Gasteiger charge is 2.19. The van der Waals surface area contributed by atoms with Gasteiger partial charge < -0.3 is 15.4 Å². The summed E-state index contributed by atoms with van der Waals surface area (Å²) in [6, 6.07) is 8.97. The van der Waals surface area contributed by atoms with Crippen molar-refractivity contribution < 1.29 is 14.3 Å². The second-order valence-electron chi connectivity index (χ2n) is 8.47. The van der Waals surface area contributed by atoms with Crippen molar-refractivity contribution in [1.29, 1.82) is 5.26 Å². The van der Waals surface area contributed by atoms with E-state index in [2.05, 4.69) is 10.6 Å². The number of aromatic nitrogens is 1. The third kappa shape index (κ3) is 6.79. The van der Waals surface area contributed by atoms with E-state index in [1.54, 1.807) is 38.1 Å². The number of rotatable bonds is 8. The first kappa shape index (κ1) is 26.8. The molecule has 10 heteroatoms. The minimum absolute atomic E-state index is 0.128. The van der Waals surface area contributed by atoms with Crippen LogP contribution >= 0.6 is 11.3 Å². The molecule has 2 rings (SSSR count). The Hall–Kier alpha value is -3.42. The molecule has 0 unspecified atom stereocenters. The van der Waals surface area contributed by atoms with Crippen molar-refractivity contribution in [1.82, 2.24) is 9.47 Å². The molecule has 0 atom stereocenters. The summed E-state index contributed by atoms with van der Waals surface area (Å²) >= 11 is 1.04. The van der Waals surface area contributed by atoms with E-state index in [4.69, 9.17) is 4.74 Å². The summed E-state index contributed by atoms with van der Waals surface area (Å²) < 4.78 is 6.90. The number of esters is 1. The minimum atomic E-state index is -0.756.